The monoisotopic (exact) mass is 284 g/mol. The molecule has 6 heteroatoms. The number of rotatable bonds is 2. The molecule has 0 saturated heterocycles. The van der Waals surface area contributed by atoms with Crippen molar-refractivity contribution in [3.63, 3.8) is 0 Å². The first kappa shape index (κ1) is 14.6. The van der Waals surface area contributed by atoms with E-state index >= 15 is 0 Å². The molecule has 0 radical (unpaired) electrons. The van der Waals surface area contributed by atoms with Crippen molar-refractivity contribution in [1.29, 1.82) is 0 Å². The zero-order valence-corrected chi connectivity index (χ0v) is 11.2. The van der Waals surface area contributed by atoms with E-state index in [9.17, 15) is 18.0 Å². The second-order valence-corrected chi connectivity index (χ2v) is 4.62. The van der Waals surface area contributed by atoms with Crippen LogP contribution in [-0.2, 0) is 26.2 Å². The maximum Gasteiger partial charge on any atom is 0.417 e. The quantitative estimate of drug-likeness (QED) is 0.921. The molecule has 3 nitrogen and oxygen atoms in total. The van der Waals surface area contributed by atoms with Crippen molar-refractivity contribution in [2.45, 2.75) is 26.1 Å². The van der Waals surface area contributed by atoms with Crippen LogP contribution in [0.25, 0.3) is 10.9 Å². The first-order valence-electron chi connectivity index (χ1n) is 6.23. The molecule has 0 unspecified atom stereocenters. The lowest BCUT2D eigenvalue weighted by atomic mass is 9.99. The van der Waals surface area contributed by atoms with E-state index in [0.717, 1.165) is 0 Å². The summed E-state index contributed by atoms with van der Waals surface area (Å²) in [4.78, 5) is 12.1. The van der Waals surface area contributed by atoms with Crippen LogP contribution < -0.4 is 11.3 Å². The van der Waals surface area contributed by atoms with Gasteiger partial charge in [-0.25, -0.2) is 0 Å². The number of alkyl halides is 3. The maximum absolute atomic E-state index is 13.3. The van der Waals surface area contributed by atoms with Gasteiger partial charge >= 0.3 is 6.18 Å². The Morgan fingerprint density at radius 2 is 1.95 bits per heavy atom. The fourth-order valence-electron chi connectivity index (χ4n) is 2.44. The standard InChI is InChI=1S/C14H15F3N2O/c1-3-9-12(14(15,16)17)10-6-8(7-18)4-5-11(10)19(2)13(9)20/h4-6H,3,7,18H2,1-2H3. The molecule has 2 rings (SSSR count). The van der Waals surface area contributed by atoms with E-state index in [1.165, 1.54) is 23.7 Å². The minimum absolute atomic E-state index is 0.0272. The molecule has 0 saturated carbocycles. The number of hydrogen-bond donors (Lipinski definition) is 1. The van der Waals surface area contributed by atoms with E-state index in [2.05, 4.69) is 0 Å². The van der Waals surface area contributed by atoms with Crippen LogP contribution >= 0.6 is 0 Å². The molecule has 2 aromatic rings. The first-order chi connectivity index (χ1) is 9.31. The second-order valence-electron chi connectivity index (χ2n) is 4.62. The van der Waals surface area contributed by atoms with E-state index in [1.54, 1.807) is 13.0 Å². The molecule has 1 heterocycles. The summed E-state index contributed by atoms with van der Waals surface area (Å²) in [5.41, 5.74) is 4.70. The van der Waals surface area contributed by atoms with Crippen LogP contribution in [0, 0.1) is 0 Å². The minimum atomic E-state index is -4.57. The van der Waals surface area contributed by atoms with Gasteiger partial charge in [-0.1, -0.05) is 13.0 Å². The molecule has 0 amide bonds. The predicted molar refractivity (Wildman–Crippen MR) is 71.5 cm³/mol. The normalized spacial score (nSPS) is 12.1. The number of nitrogens with zero attached hydrogens (tertiary/aromatic N) is 1. The fraction of sp³-hybridized carbons (Fsp3) is 0.357. The number of hydrogen-bond acceptors (Lipinski definition) is 2. The van der Waals surface area contributed by atoms with Crippen molar-refractivity contribution in [1.82, 2.24) is 4.57 Å². The fourth-order valence-corrected chi connectivity index (χ4v) is 2.44. The highest BCUT2D eigenvalue weighted by molar-refractivity contribution is 5.85. The second kappa shape index (κ2) is 4.94. The summed E-state index contributed by atoms with van der Waals surface area (Å²) >= 11 is 0. The molecule has 0 bridgehead atoms. The number of halogens is 3. The van der Waals surface area contributed by atoms with E-state index in [-0.39, 0.29) is 29.4 Å². The van der Waals surface area contributed by atoms with Crippen LogP contribution in [-0.4, -0.2) is 4.57 Å². The molecular formula is C14H15F3N2O. The molecule has 1 aromatic carbocycles. The van der Waals surface area contributed by atoms with Gasteiger partial charge in [0.25, 0.3) is 5.56 Å². The summed E-state index contributed by atoms with van der Waals surface area (Å²) in [5.74, 6) is 0. The average molecular weight is 284 g/mol. The van der Waals surface area contributed by atoms with Crippen molar-refractivity contribution in [3.8, 4) is 0 Å². The zero-order chi connectivity index (χ0) is 15.1. The third kappa shape index (κ3) is 2.20. The Kier molecular flexibility index (Phi) is 3.60. The molecule has 0 aliphatic rings. The number of fused-ring (bicyclic) bond motifs is 1. The van der Waals surface area contributed by atoms with Crippen LogP contribution in [0.1, 0.15) is 23.6 Å². The van der Waals surface area contributed by atoms with Gasteiger partial charge in [-0.15, -0.1) is 0 Å². The van der Waals surface area contributed by atoms with Gasteiger partial charge in [0.15, 0.2) is 0 Å². The van der Waals surface area contributed by atoms with Crippen molar-refractivity contribution in [2.24, 2.45) is 12.8 Å². The third-order valence-electron chi connectivity index (χ3n) is 3.43. The zero-order valence-electron chi connectivity index (χ0n) is 11.2. The van der Waals surface area contributed by atoms with Crippen molar-refractivity contribution >= 4 is 10.9 Å². The Bertz CT molecular complexity index is 717. The van der Waals surface area contributed by atoms with Crippen molar-refractivity contribution in [2.75, 3.05) is 0 Å². The van der Waals surface area contributed by atoms with Crippen LogP contribution in [0.3, 0.4) is 0 Å². The van der Waals surface area contributed by atoms with E-state index in [4.69, 9.17) is 5.73 Å². The summed E-state index contributed by atoms with van der Waals surface area (Å²) in [5, 5.41) is 0.0272. The van der Waals surface area contributed by atoms with Gasteiger partial charge in [0, 0.05) is 24.5 Å². The Morgan fingerprint density at radius 1 is 1.30 bits per heavy atom. The van der Waals surface area contributed by atoms with Crippen LogP contribution in [0.15, 0.2) is 23.0 Å². The van der Waals surface area contributed by atoms with Gasteiger partial charge in [0.2, 0.25) is 0 Å². The Morgan fingerprint density at radius 3 is 2.45 bits per heavy atom. The molecule has 20 heavy (non-hydrogen) atoms. The van der Waals surface area contributed by atoms with Gasteiger partial charge in [-0.05, 0) is 24.1 Å². The Labute approximate surface area is 113 Å². The molecule has 2 N–H and O–H groups in total. The number of pyridine rings is 1. The van der Waals surface area contributed by atoms with Gasteiger partial charge in [0.1, 0.15) is 0 Å². The lowest BCUT2D eigenvalue weighted by Crippen LogP contribution is -2.26. The topological polar surface area (TPSA) is 48.0 Å². The van der Waals surface area contributed by atoms with Crippen LogP contribution in [0.2, 0.25) is 0 Å². The van der Waals surface area contributed by atoms with E-state index < -0.39 is 17.3 Å². The molecule has 0 fully saturated rings. The Balaban J connectivity index is 3.04. The lowest BCUT2D eigenvalue weighted by molar-refractivity contribution is -0.137. The van der Waals surface area contributed by atoms with Gasteiger partial charge < -0.3 is 10.3 Å². The highest BCUT2D eigenvalue weighted by Gasteiger charge is 2.37. The molecule has 0 spiro atoms. The largest absolute Gasteiger partial charge is 0.417 e. The van der Waals surface area contributed by atoms with Gasteiger partial charge in [-0.3, -0.25) is 4.79 Å². The van der Waals surface area contributed by atoms with Crippen LogP contribution in [0.5, 0.6) is 0 Å². The van der Waals surface area contributed by atoms with Crippen molar-refractivity contribution in [3.05, 3.63) is 45.2 Å². The molecular weight excluding hydrogens is 269 g/mol. The smallest absolute Gasteiger partial charge is 0.326 e. The molecule has 0 aliphatic carbocycles. The number of benzene rings is 1. The number of nitrogens with two attached hydrogens (primary N) is 1. The summed E-state index contributed by atoms with van der Waals surface area (Å²) in [6.07, 6.45) is -4.53. The van der Waals surface area contributed by atoms with E-state index in [0.29, 0.717) is 5.56 Å². The average Bonchev–Trinajstić information content (AvgIpc) is 2.40. The van der Waals surface area contributed by atoms with Gasteiger partial charge in [0.05, 0.1) is 11.1 Å². The summed E-state index contributed by atoms with van der Waals surface area (Å²) in [6.45, 7) is 1.70. The lowest BCUT2D eigenvalue weighted by Gasteiger charge is -2.17. The first-order valence-corrected chi connectivity index (χ1v) is 6.23. The third-order valence-corrected chi connectivity index (χ3v) is 3.43. The number of aromatic nitrogens is 1. The highest BCUT2D eigenvalue weighted by atomic mass is 19.4. The summed E-state index contributed by atoms with van der Waals surface area (Å²) < 4.78 is 41.3. The van der Waals surface area contributed by atoms with Gasteiger partial charge in [-0.2, -0.15) is 13.2 Å². The molecule has 108 valence electrons. The molecule has 1 aromatic heterocycles. The predicted octanol–water partition coefficient (Wildman–Crippen LogP) is 2.58. The summed E-state index contributed by atoms with van der Waals surface area (Å²) in [7, 11) is 1.48. The minimum Gasteiger partial charge on any atom is -0.326 e. The molecule has 0 atom stereocenters. The van der Waals surface area contributed by atoms with E-state index in [1.807, 2.05) is 0 Å². The summed E-state index contributed by atoms with van der Waals surface area (Å²) in [6, 6.07) is 4.55. The number of aryl methyl sites for hydroxylation is 1. The Hall–Kier alpha value is -1.82. The van der Waals surface area contributed by atoms with Crippen molar-refractivity contribution < 1.29 is 13.2 Å². The maximum atomic E-state index is 13.3. The SMILES string of the molecule is CCc1c(C(F)(F)F)c2cc(CN)ccc2n(C)c1=O. The molecule has 0 aliphatic heterocycles. The van der Waals surface area contributed by atoms with Crippen LogP contribution in [0.4, 0.5) is 13.2 Å². The highest BCUT2D eigenvalue weighted by Crippen LogP contribution is 2.36.